The van der Waals surface area contributed by atoms with Crippen LogP contribution in [0.3, 0.4) is 0 Å². The summed E-state index contributed by atoms with van der Waals surface area (Å²) in [7, 11) is 0. The number of carbonyl (C=O) groups excluding carboxylic acids is 1. The quantitative estimate of drug-likeness (QED) is 0.473. The van der Waals surface area contributed by atoms with Crippen molar-refractivity contribution in [3.8, 4) is 5.75 Å². The van der Waals surface area contributed by atoms with Crippen LogP contribution in [0.5, 0.6) is 5.75 Å². The maximum atomic E-state index is 13.2. The fourth-order valence-corrected chi connectivity index (χ4v) is 3.86. The molecular weight excluding hydrogens is 392 g/mol. The van der Waals surface area contributed by atoms with Crippen LogP contribution >= 0.6 is 0 Å². The zero-order chi connectivity index (χ0) is 22.2. The Morgan fingerprint density at radius 1 is 0.968 bits per heavy atom. The average molecular weight is 418 g/mol. The molecule has 0 radical (unpaired) electrons. The van der Waals surface area contributed by atoms with Crippen LogP contribution in [0.2, 0.25) is 0 Å². The van der Waals surface area contributed by atoms with Crippen molar-refractivity contribution < 1.29 is 13.9 Å². The fourth-order valence-electron chi connectivity index (χ4n) is 3.86. The van der Waals surface area contributed by atoms with Crippen molar-refractivity contribution >= 4 is 33.7 Å². The summed E-state index contributed by atoms with van der Waals surface area (Å²) >= 11 is 0. The number of rotatable bonds is 5. The van der Waals surface area contributed by atoms with Crippen LogP contribution in [0.25, 0.3) is 16.5 Å². The van der Waals surface area contributed by atoms with E-state index in [4.69, 9.17) is 9.15 Å². The molecule has 2 heterocycles. The van der Waals surface area contributed by atoms with E-state index in [1.165, 1.54) is 6.07 Å². The van der Waals surface area contributed by atoms with E-state index in [1.54, 1.807) is 32.2 Å². The normalized spacial score (nSPS) is 16.1. The number of ketones is 1. The summed E-state index contributed by atoms with van der Waals surface area (Å²) in [6, 6.07) is 14.7. The number of hydrogen-bond donors (Lipinski definition) is 1. The van der Waals surface area contributed by atoms with Gasteiger partial charge in [-0.15, -0.1) is 0 Å². The van der Waals surface area contributed by atoms with Crippen LogP contribution in [0.15, 0.2) is 63.9 Å². The van der Waals surface area contributed by atoms with Gasteiger partial charge in [0.25, 0.3) is 0 Å². The maximum Gasteiger partial charge on any atom is 0.336 e. The maximum absolute atomic E-state index is 13.2. The zero-order valence-electron chi connectivity index (χ0n) is 18.2. The van der Waals surface area contributed by atoms with Gasteiger partial charge in [-0.1, -0.05) is 0 Å². The number of nitrogens with one attached hydrogen (secondary N) is 1. The Morgan fingerprint density at radius 3 is 2.32 bits per heavy atom. The van der Waals surface area contributed by atoms with Gasteiger partial charge in [0.15, 0.2) is 5.60 Å². The Labute approximate surface area is 181 Å². The fraction of sp³-hybridized carbons (Fsp3) is 0.280. The number of benzene rings is 2. The highest BCUT2D eigenvalue weighted by Crippen LogP contribution is 2.41. The Hall–Kier alpha value is -3.54. The number of anilines is 2. The van der Waals surface area contributed by atoms with Crippen molar-refractivity contribution in [1.29, 1.82) is 0 Å². The monoisotopic (exact) mass is 418 g/mol. The molecule has 3 aromatic rings. The molecular formula is C25H26N2O4. The molecule has 0 aliphatic carbocycles. The standard InChI is InChI=1S/C25H26N2O4/c1-5-27(6-2)18-11-9-17(10-12-18)26-15-19-22-20(31-25(3,4)24(19)29)13-7-16-8-14-21(28)30-23(16)22/h7-15,26H,5-6H2,1-4H3. The summed E-state index contributed by atoms with van der Waals surface area (Å²) in [6.45, 7) is 9.59. The van der Waals surface area contributed by atoms with Gasteiger partial charge in [0.05, 0.1) is 11.1 Å². The van der Waals surface area contributed by atoms with E-state index >= 15 is 0 Å². The SMILES string of the molecule is CCN(CC)c1ccc(NC=C2C(=O)C(C)(C)Oc3ccc4ccc(=O)oc4c32)cc1. The van der Waals surface area contributed by atoms with E-state index in [2.05, 4.69) is 24.1 Å². The molecule has 6 nitrogen and oxygen atoms in total. The third-order valence-electron chi connectivity index (χ3n) is 5.56. The van der Waals surface area contributed by atoms with Crippen LogP contribution in [-0.4, -0.2) is 24.5 Å². The molecule has 4 rings (SSSR count). The molecule has 0 saturated heterocycles. The number of carbonyl (C=O) groups is 1. The topological polar surface area (TPSA) is 71.8 Å². The first-order chi connectivity index (χ1) is 14.8. The number of ether oxygens (including phenoxy) is 1. The molecule has 2 aromatic carbocycles. The molecule has 6 heteroatoms. The van der Waals surface area contributed by atoms with Crippen molar-refractivity contribution in [3.63, 3.8) is 0 Å². The second-order valence-electron chi connectivity index (χ2n) is 7.97. The Morgan fingerprint density at radius 2 is 1.65 bits per heavy atom. The lowest BCUT2D eigenvalue weighted by Gasteiger charge is -2.32. The molecule has 0 spiro atoms. The van der Waals surface area contributed by atoms with Crippen molar-refractivity contribution in [2.75, 3.05) is 23.3 Å². The molecule has 160 valence electrons. The molecule has 1 aliphatic heterocycles. The van der Waals surface area contributed by atoms with Gasteiger partial charge in [-0.3, -0.25) is 4.79 Å². The lowest BCUT2D eigenvalue weighted by Crippen LogP contribution is -2.42. The summed E-state index contributed by atoms with van der Waals surface area (Å²) in [4.78, 5) is 27.4. The molecule has 0 bridgehead atoms. The second kappa shape index (κ2) is 7.95. The minimum atomic E-state index is -1.03. The lowest BCUT2D eigenvalue weighted by atomic mass is 9.87. The van der Waals surface area contributed by atoms with E-state index < -0.39 is 11.2 Å². The van der Waals surface area contributed by atoms with Gasteiger partial charge in [-0.2, -0.15) is 0 Å². The molecule has 0 fully saturated rings. The van der Waals surface area contributed by atoms with E-state index in [0.29, 0.717) is 22.5 Å². The van der Waals surface area contributed by atoms with Gasteiger partial charge in [0.2, 0.25) is 5.78 Å². The largest absolute Gasteiger partial charge is 0.479 e. The van der Waals surface area contributed by atoms with Crippen molar-refractivity contribution in [2.45, 2.75) is 33.3 Å². The third kappa shape index (κ3) is 3.81. The zero-order valence-corrected chi connectivity index (χ0v) is 18.2. The van der Waals surface area contributed by atoms with Crippen LogP contribution < -0.4 is 20.6 Å². The third-order valence-corrected chi connectivity index (χ3v) is 5.56. The lowest BCUT2D eigenvalue weighted by molar-refractivity contribution is -0.126. The Kier molecular flexibility index (Phi) is 5.31. The predicted molar refractivity (Wildman–Crippen MR) is 124 cm³/mol. The van der Waals surface area contributed by atoms with Crippen LogP contribution in [0, 0.1) is 0 Å². The first-order valence-electron chi connectivity index (χ1n) is 10.5. The Bertz CT molecular complexity index is 1220. The number of Topliss-reactive ketones (excluding diaryl/α,β-unsaturated/α-hetero) is 1. The highest BCUT2D eigenvalue weighted by Gasteiger charge is 2.40. The minimum absolute atomic E-state index is 0.189. The highest BCUT2D eigenvalue weighted by atomic mass is 16.5. The molecule has 0 unspecified atom stereocenters. The average Bonchev–Trinajstić information content (AvgIpc) is 2.75. The number of nitrogens with zero attached hydrogens (tertiary/aromatic N) is 1. The van der Waals surface area contributed by atoms with E-state index in [0.717, 1.165) is 29.9 Å². The van der Waals surface area contributed by atoms with Crippen LogP contribution in [0.1, 0.15) is 33.3 Å². The summed E-state index contributed by atoms with van der Waals surface area (Å²) < 4.78 is 11.4. The summed E-state index contributed by atoms with van der Waals surface area (Å²) in [5.74, 6) is 0.322. The summed E-state index contributed by atoms with van der Waals surface area (Å²) in [5.41, 5.74) is 1.74. The molecule has 0 atom stereocenters. The van der Waals surface area contributed by atoms with Crippen LogP contribution in [-0.2, 0) is 4.79 Å². The van der Waals surface area contributed by atoms with Gasteiger partial charge >= 0.3 is 5.63 Å². The predicted octanol–water partition coefficient (Wildman–Crippen LogP) is 4.83. The smallest absolute Gasteiger partial charge is 0.336 e. The Balaban J connectivity index is 1.77. The minimum Gasteiger partial charge on any atom is -0.479 e. The highest BCUT2D eigenvalue weighted by molar-refractivity contribution is 6.28. The molecule has 31 heavy (non-hydrogen) atoms. The first-order valence-corrected chi connectivity index (χ1v) is 10.5. The van der Waals surface area contributed by atoms with E-state index in [1.807, 2.05) is 30.3 Å². The number of hydrogen-bond acceptors (Lipinski definition) is 6. The molecule has 1 aromatic heterocycles. The van der Waals surface area contributed by atoms with Gasteiger partial charge in [0, 0.05) is 42.1 Å². The van der Waals surface area contributed by atoms with Crippen molar-refractivity contribution in [2.24, 2.45) is 0 Å². The first kappa shape index (κ1) is 20.7. The van der Waals surface area contributed by atoms with Gasteiger partial charge in [-0.25, -0.2) is 4.79 Å². The van der Waals surface area contributed by atoms with Gasteiger partial charge in [0.1, 0.15) is 11.3 Å². The summed E-state index contributed by atoms with van der Waals surface area (Å²) in [6.07, 6.45) is 1.67. The number of fused-ring (bicyclic) bond motifs is 3. The van der Waals surface area contributed by atoms with E-state index in [9.17, 15) is 9.59 Å². The molecule has 1 N–H and O–H groups in total. The summed E-state index contributed by atoms with van der Waals surface area (Å²) in [5, 5.41) is 3.95. The van der Waals surface area contributed by atoms with E-state index in [-0.39, 0.29) is 5.78 Å². The van der Waals surface area contributed by atoms with Crippen molar-refractivity contribution in [3.05, 3.63) is 70.7 Å². The second-order valence-corrected chi connectivity index (χ2v) is 7.97. The van der Waals surface area contributed by atoms with Gasteiger partial charge < -0.3 is 19.4 Å². The molecule has 1 aliphatic rings. The molecule has 0 amide bonds. The van der Waals surface area contributed by atoms with Gasteiger partial charge in [-0.05, 0) is 70.2 Å². The van der Waals surface area contributed by atoms with Crippen molar-refractivity contribution in [1.82, 2.24) is 0 Å². The van der Waals surface area contributed by atoms with Crippen LogP contribution in [0.4, 0.5) is 11.4 Å². The molecule has 0 saturated carbocycles.